The fraction of sp³-hybridized carbons (Fsp3) is 0.462. The molecule has 0 aliphatic carbocycles. The van der Waals surface area contributed by atoms with Crippen molar-refractivity contribution in [3.8, 4) is 0 Å². The van der Waals surface area contributed by atoms with Gasteiger partial charge in [0.05, 0.1) is 12.4 Å². The van der Waals surface area contributed by atoms with E-state index >= 15 is 0 Å². The van der Waals surface area contributed by atoms with E-state index in [2.05, 4.69) is 6.92 Å². The molecule has 0 radical (unpaired) electrons. The van der Waals surface area contributed by atoms with Crippen LogP contribution in [-0.2, 0) is 16.1 Å². The van der Waals surface area contributed by atoms with E-state index in [1.165, 1.54) is 11.8 Å². The third-order valence-electron chi connectivity index (χ3n) is 2.28. The number of hydrogen-bond acceptors (Lipinski definition) is 4. The zero-order chi connectivity index (χ0) is 12.5. The molecule has 0 atom stereocenters. The summed E-state index contributed by atoms with van der Waals surface area (Å²) < 4.78 is 5.07. The Balaban J connectivity index is 2.27. The molecule has 0 aromatic heterocycles. The van der Waals surface area contributed by atoms with Gasteiger partial charge in [-0.2, -0.15) is 0 Å². The SMILES string of the molecule is CCCCOC(=O)CSc1ccc(CN)cc1. The maximum Gasteiger partial charge on any atom is 0.316 e. The van der Waals surface area contributed by atoms with Crippen LogP contribution >= 0.6 is 11.8 Å². The van der Waals surface area contributed by atoms with Crippen LogP contribution in [0.5, 0.6) is 0 Å². The molecule has 0 amide bonds. The maximum atomic E-state index is 11.4. The molecule has 17 heavy (non-hydrogen) atoms. The molecule has 0 saturated carbocycles. The van der Waals surface area contributed by atoms with Gasteiger partial charge in [0.25, 0.3) is 0 Å². The highest BCUT2D eigenvalue weighted by Crippen LogP contribution is 2.18. The quantitative estimate of drug-likeness (QED) is 0.461. The number of hydrogen-bond donors (Lipinski definition) is 1. The lowest BCUT2D eigenvalue weighted by molar-refractivity contribution is -0.140. The first-order chi connectivity index (χ1) is 8.26. The molecule has 0 fully saturated rings. The Morgan fingerprint density at radius 2 is 2.06 bits per heavy atom. The van der Waals surface area contributed by atoms with Gasteiger partial charge < -0.3 is 10.5 Å². The van der Waals surface area contributed by atoms with E-state index < -0.39 is 0 Å². The topological polar surface area (TPSA) is 52.3 Å². The molecule has 2 N–H and O–H groups in total. The summed E-state index contributed by atoms with van der Waals surface area (Å²) in [5, 5.41) is 0. The molecule has 0 heterocycles. The summed E-state index contributed by atoms with van der Waals surface area (Å²) >= 11 is 1.49. The molecule has 0 saturated heterocycles. The Labute approximate surface area is 107 Å². The minimum absolute atomic E-state index is 0.147. The molecule has 0 spiro atoms. The van der Waals surface area contributed by atoms with Crippen LogP contribution in [0.1, 0.15) is 25.3 Å². The summed E-state index contributed by atoms with van der Waals surface area (Å²) in [4.78, 5) is 12.4. The van der Waals surface area contributed by atoms with E-state index in [1.807, 2.05) is 24.3 Å². The monoisotopic (exact) mass is 253 g/mol. The number of rotatable bonds is 7. The number of unbranched alkanes of at least 4 members (excludes halogenated alkanes) is 1. The summed E-state index contributed by atoms with van der Waals surface area (Å²) in [7, 11) is 0. The van der Waals surface area contributed by atoms with Crippen LogP contribution in [0.15, 0.2) is 29.2 Å². The van der Waals surface area contributed by atoms with E-state index in [-0.39, 0.29) is 5.97 Å². The van der Waals surface area contributed by atoms with Crippen molar-refractivity contribution in [2.45, 2.75) is 31.2 Å². The lowest BCUT2D eigenvalue weighted by Gasteiger charge is -2.04. The number of carbonyl (C=O) groups is 1. The minimum atomic E-state index is -0.147. The Kier molecular flexibility index (Phi) is 6.74. The first-order valence-corrected chi connectivity index (χ1v) is 6.82. The number of ether oxygens (including phenoxy) is 1. The zero-order valence-corrected chi connectivity index (χ0v) is 11.0. The molecular formula is C13H19NO2S. The molecule has 0 bridgehead atoms. The van der Waals surface area contributed by atoms with Gasteiger partial charge in [0.1, 0.15) is 0 Å². The number of esters is 1. The number of nitrogens with two attached hydrogens (primary N) is 1. The molecule has 1 rings (SSSR count). The first-order valence-electron chi connectivity index (χ1n) is 5.83. The van der Waals surface area contributed by atoms with Crippen molar-refractivity contribution in [3.63, 3.8) is 0 Å². The van der Waals surface area contributed by atoms with Gasteiger partial charge in [-0.1, -0.05) is 25.5 Å². The Bertz CT molecular complexity index is 338. The normalized spacial score (nSPS) is 10.2. The maximum absolute atomic E-state index is 11.4. The highest BCUT2D eigenvalue weighted by Gasteiger charge is 2.03. The second-order valence-corrected chi connectivity index (χ2v) is 4.76. The molecule has 1 aromatic rings. The van der Waals surface area contributed by atoms with Crippen LogP contribution < -0.4 is 5.73 Å². The van der Waals surface area contributed by atoms with Crippen molar-refractivity contribution in [2.75, 3.05) is 12.4 Å². The van der Waals surface area contributed by atoms with Gasteiger partial charge in [0.2, 0.25) is 0 Å². The molecule has 0 aliphatic heterocycles. The predicted molar refractivity (Wildman–Crippen MR) is 70.9 cm³/mol. The van der Waals surface area contributed by atoms with Crippen LogP contribution in [0.4, 0.5) is 0 Å². The van der Waals surface area contributed by atoms with E-state index in [0.717, 1.165) is 23.3 Å². The van der Waals surface area contributed by atoms with E-state index in [9.17, 15) is 4.79 Å². The smallest absolute Gasteiger partial charge is 0.316 e. The lowest BCUT2D eigenvalue weighted by Crippen LogP contribution is -2.08. The van der Waals surface area contributed by atoms with Crippen molar-refractivity contribution < 1.29 is 9.53 Å². The lowest BCUT2D eigenvalue weighted by atomic mass is 10.2. The highest BCUT2D eigenvalue weighted by atomic mass is 32.2. The number of benzene rings is 1. The van der Waals surface area contributed by atoms with E-state index in [0.29, 0.717) is 18.9 Å². The van der Waals surface area contributed by atoms with Gasteiger partial charge in [0.15, 0.2) is 0 Å². The second kappa shape index (κ2) is 8.14. The summed E-state index contributed by atoms with van der Waals surface area (Å²) in [5.41, 5.74) is 6.61. The Hall–Kier alpha value is -1.00. The van der Waals surface area contributed by atoms with E-state index in [4.69, 9.17) is 10.5 Å². The van der Waals surface area contributed by atoms with Crippen LogP contribution in [0.3, 0.4) is 0 Å². The number of thioether (sulfide) groups is 1. The van der Waals surface area contributed by atoms with Crippen LogP contribution in [-0.4, -0.2) is 18.3 Å². The van der Waals surface area contributed by atoms with E-state index in [1.54, 1.807) is 0 Å². The van der Waals surface area contributed by atoms with Crippen molar-refractivity contribution in [3.05, 3.63) is 29.8 Å². The Morgan fingerprint density at radius 1 is 1.35 bits per heavy atom. The molecule has 0 aliphatic rings. The van der Waals surface area contributed by atoms with Gasteiger partial charge in [-0.25, -0.2) is 0 Å². The van der Waals surface area contributed by atoms with Crippen molar-refractivity contribution >= 4 is 17.7 Å². The average molecular weight is 253 g/mol. The summed E-state index contributed by atoms with van der Waals surface area (Å²) in [6.07, 6.45) is 1.97. The van der Waals surface area contributed by atoms with Gasteiger partial charge >= 0.3 is 5.97 Å². The highest BCUT2D eigenvalue weighted by molar-refractivity contribution is 8.00. The summed E-state index contributed by atoms with van der Waals surface area (Å²) in [6.45, 7) is 3.15. The standard InChI is InChI=1S/C13H19NO2S/c1-2-3-8-16-13(15)10-17-12-6-4-11(9-14)5-7-12/h4-7H,2-3,8-10,14H2,1H3. The van der Waals surface area contributed by atoms with Crippen molar-refractivity contribution in [2.24, 2.45) is 5.73 Å². The van der Waals surface area contributed by atoms with Gasteiger partial charge in [0, 0.05) is 11.4 Å². The Morgan fingerprint density at radius 3 is 2.65 bits per heavy atom. The zero-order valence-electron chi connectivity index (χ0n) is 10.1. The molecule has 94 valence electrons. The molecule has 4 heteroatoms. The molecule has 3 nitrogen and oxygen atoms in total. The third-order valence-corrected chi connectivity index (χ3v) is 3.26. The fourth-order valence-corrected chi connectivity index (χ4v) is 1.93. The average Bonchev–Trinajstić information content (AvgIpc) is 2.37. The summed E-state index contributed by atoms with van der Waals surface area (Å²) in [5.74, 6) is 0.220. The number of carbonyl (C=O) groups excluding carboxylic acids is 1. The molecule has 0 unspecified atom stereocenters. The fourth-order valence-electron chi connectivity index (χ4n) is 1.24. The molecule has 1 aromatic carbocycles. The minimum Gasteiger partial charge on any atom is -0.465 e. The van der Waals surface area contributed by atoms with Crippen LogP contribution in [0.25, 0.3) is 0 Å². The molecular weight excluding hydrogens is 234 g/mol. The van der Waals surface area contributed by atoms with Gasteiger partial charge in [-0.05, 0) is 24.1 Å². The van der Waals surface area contributed by atoms with Crippen molar-refractivity contribution in [1.82, 2.24) is 0 Å². The summed E-state index contributed by atoms with van der Waals surface area (Å²) in [6, 6.07) is 7.91. The van der Waals surface area contributed by atoms with Gasteiger partial charge in [-0.3, -0.25) is 4.79 Å². The third kappa shape index (κ3) is 5.75. The second-order valence-electron chi connectivity index (χ2n) is 3.71. The van der Waals surface area contributed by atoms with Crippen molar-refractivity contribution in [1.29, 1.82) is 0 Å². The predicted octanol–water partition coefficient (Wildman–Crippen LogP) is 2.58. The van der Waals surface area contributed by atoms with Crippen LogP contribution in [0, 0.1) is 0 Å². The van der Waals surface area contributed by atoms with Gasteiger partial charge in [-0.15, -0.1) is 11.8 Å². The largest absolute Gasteiger partial charge is 0.465 e. The first kappa shape index (κ1) is 14.1. The van der Waals surface area contributed by atoms with Crippen LogP contribution in [0.2, 0.25) is 0 Å².